The van der Waals surface area contributed by atoms with Gasteiger partial charge in [-0.3, -0.25) is 4.18 Å². The van der Waals surface area contributed by atoms with Crippen LogP contribution in [0.2, 0.25) is 0 Å². The molecule has 0 heterocycles. The molecule has 21 heavy (non-hydrogen) atoms. The lowest BCUT2D eigenvalue weighted by Crippen LogP contribution is -2.06. The fraction of sp³-hybridized carbons (Fsp3) is 0.125. The Balaban J connectivity index is 0.000000491. The largest absolute Gasteiger partial charge is 0.327 e. The highest BCUT2D eigenvalue weighted by atomic mass is 32.2. The molecule has 0 aromatic heterocycles. The first kappa shape index (κ1) is 17.1. The molecule has 2 N–H and O–H groups in total. The summed E-state index contributed by atoms with van der Waals surface area (Å²) in [5.41, 5.74) is 4.91. The Kier molecular flexibility index (Phi) is 6.81. The highest BCUT2D eigenvalue weighted by Crippen LogP contribution is 2.24. The van der Waals surface area contributed by atoms with E-state index in [1.807, 2.05) is 18.2 Å². The van der Waals surface area contributed by atoms with Crippen LogP contribution in [0.1, 0.15) is 0 Å². The highest BCUT2D eigenvalue weighted by Gasteiger charge is 2.17. The normalized spacial score (nSPS) is 10.5. The van der Waals surface area contributed by atoms with Gasteiger partial charge in [0.2, 0.25) is 0 Å². The number of fused-ring (bicyclic) bond motifs is 1. The Morgan fingerprint density at radius 2 is 1.67 bits per heavy atom. The van der Waals surface area contributed by atoms with Gasteiger partial charge >= 0.3 is 0 Å². The first-order chi connectivity index (χ1) is 10.1. The molecule has 0 unspecified atom stereocenters. The van der Waals surface area contributed by atoms with Crippen molar-refractivity contribution in [2.24, 2.45) is 5.73 Å². The Morgan fingerprint density at radius 1 is 1.05 bits per heavy atom. The summed E-state index contributed by atoms with van der Waals surface area (Å²) in [7, 11) is -3.72. The minimum atomic E-state index is -3.72. The van der Waals surface area contributed by atoms with Crippen LogP contribution in [0.25, 0.3) is 10.8 Å². The standard InChI is InChI=1S/C13H12O3S.C3H7N/c1-2-10-16-17(14,15)13-9-5-7-11-6-3-4-8-12(11)13;1-2-3-4/h2-9H,1,10H2;2H,1,3-4H2. The predicted octanol–water partition coefficient (Wildman–Crippen LogP) is 2.86. The van der Waals surface area contributed by atoms with E-state index in [-0.39, 0.29) is 11.5 Å². The number of benzene rings is 2. The van der Waals surface area contributed by atoms with Crippen molar-refractivity contribution in [3.63, 3.8) is 0 Å². The third kappa shape index (κ3) is 4.82. The molecular formula is C16H19NO3S. The molecule has 0 fully saturated rings. The molecule has 5 heteroatoms. The van der Waals surface area contributed by atoms with Gasteiger partial charge in [0.1, 0.15) is 4.90 Å². The van der Waals surface area contributed by atoms with E-state index in [4.69, 9.17) is 9.92 Å². The summed E-state index contributed by atoms with van der Waals surface area (Å²) >= 11 is 0. The van der Waals surface area contributed by atoms with Gasteiger partial charge in [0.05, 0.1) is 6.61 Å². The maximum atomic E-state index is 11.9. The van der Waals surface area contributed by atoms with Crippen molar-refractivity contribution in [3.05, 3.63) is 67.8 Å². The SMILES string of the molecule is C=CCN.C=CCOS(=O)(=O)c1cccc2ccccc12. The van der Waals surface area contributed by atoms with Crippen LogP contribution in [0.15, 0.2) is 72.7 Å². The van der Waals surface area contributed by atoms with Crippen molar-refractivity contribution in [1.82, 2.24) is 0 Å². The van der Waals surface area contributed by atoms with Crippen molar-refractivity contribution >= 4 is 20.9 Å². The van der Waals surface area contributed by atoms with Gasteiger partial charge in [-0.1, -0.05) is 48.6 Å². The molecule has 0 saturated carbocycles. The van der Waals surface area contributed by atoms with E-state index in [0.717, 1.165) is 5.39 Å². The van der Waals surface area contributed by atoms with E-state index in [0.29, 0.717) is 11.9 Å². The second-order valence-corrected chi connectivity index (χ2v) is 5.61. The first-order valence-electron chi connectivity index (χ1n) is 6.36. The maximum Gasteiger partial charge on any atom is 0.297 e. The van der Waals surface area contributed by atoms with E-state index in [1.165, 1.54) is 6.08 Å². The lowest BCUT2D eigenvalue weighted by Gasteiger charge is -2.06. The lowest BCUT2D eigenvalue weighted by molar-refractivity contribution is 0.358. The smallest absolute Gasteiger partial charge is 0.297 e. The van der Waals surface area contributed by atoms with Gasteiger partial charge in [0.25, 0.3) is 10.1 Å². The number of hydrogen-bond donors (Lipinski definition) is 1. The summed E-state index contributed by atoms with van der Waals surface area (Å²) in [5.74, 6) is 0. The van der Waals surface area contributed by atoms with Crippen molar-refractivity contribution in [1.29, 1.82) is 0 Å². The molecule has 0 bridgehead atoms. The third-order valence-electron chi connectivity index (χ3n) is 2.53. The summed E-state index contributed by atoms with van der Waals surface area (Å²) in [6.45, 7) is 7.35. The van der Waals surface area contributed by atoms with Crippen molar-refractivity contribution in [2.45, 2.75) is 4.90 Å². The van der Waals surface area contributed by atoms with Gasteiger partial charge in [0, 0.05) is 11.9 Å². The average molecular weight is 305 g/mol. The zero-order chi connectivity index (χ0) is 15.7. The molecule has 0 atom stereocenters. The summed E-state index contributed by atoms with van der Waals surface area (Å²) in [6, 6.07) is 12.4. The molecule has 0 spiro atoms. The fourth-order valence-electron chi connectivity index (χ4n) is 1.61. The molecule has 0 aliphatic carbocycles. The molecule has 2 aromatic rings. The second kappa shape index (κ2) is 8.36. The van der Waals surface area contributed by atoms with Gasteiger partial charge in [0.15, 0.2) is 0 Å². The van der Waals surface area contributed by atoms with E-state index < -0.39 is 10.1 Å². The van der Waals surface area contributed by atoms with Crippen LogP contribution in [-0.2, 0) is 14.3 Å². The zero-order valence-corrected chi connectivity index (χ0v) is 12.6. The quantitative estimate of drug-likeness (QED) is 0.681. The fourth-order valence-corrected chi connectivity index (χ4v) is 2.72. The van der Waals surface area contributed by atoms with Gasteiger partial charge in [-0.25, -0.2) is 0 Å². The van der Waals surface area contributed by atoms with Crippen LogP contribution in [-0.4, -0.2) is 21.6 Å². The molecule has 0 aliphatic heterocycles. The Hall–Kier alpha value is -1.95. The topological polar surface area (TPSA) is 69.4 Å². The second-order valence-electron chi connectivity index (χ2n) is 4.03. The Labute approximate surface area is 125 Å². The van der Waals surface area contributed by atoms with Crippen molar-refractivity contribution < 1.29 is 12.6 Å². The Morgan fingerprint density at radius 3 is 2.29 bits per heavy atom. The van der Waals surface area contributed by atoms with Crippen molar-refractivity contribution in [3.8, 4) is 0 Å². The first-order valence-corrected chi connectivity index (χ1v) is 7.76. The molecular weight excluding hydrogens is 286 g/mol. The number of hydrogen-bond acceptors (Lipinski definition) is 4. The molecule has 2 aromatic carbocycles. The van der Waals surface area contributed by atoms with E-state index in [2.05, 4.69) is 13.2 Å². The van der Waals surface area contributed by atoms with E-state index in [1.54, 1.807) is 30.3 Å². The van der Waals surface area contributed by atoms with Crippen molar-refractivity contribution in [2.75, 3.05) is 13.2 Å². The predicted molar refractivity (Wildman–Crippen MR) is 86.5 cm³/mol. The van der Waals surface area contributed by atoms with Crippen LogP contribution in [0.3, 0.4) is 0 Å². The van der Waals surface area contributed by atoms with Crippen LogP contribution < -0.4 is 5.73 Å². The number of rotatable bonds is 5. The molecule has 2 rings (SSSR count). The molecule has 112 valence electrons. The van der Waals surface area contributed by atoms with Gasteiger partial charge in [-0.05, 0) is 11.5 Å². The van der Waals surface area contributed by atoms with Gasteiger partial charge in [-0.15, -0.1) is 13.2 Å². The number of nitrogens with two attached hydrogens (primary N) is 1. The molecule has 0 aliphatic rings. The van der Waals surface area contributed by atoms with Crippen LogP contribution in [0, 0.1) is 0 Å². The van der Waals surface area contributed by atoms with Crippen LogP contribution in [0.4, 0.5) is 0 Å². The van der Waals surface area contributed by atoms with E-state index >= 15 is 0 Å². The van der Waals surface area contributed by atoms with E-state index in [9.17, 15) is 8.42 Å². The van der Waals surface area contributed by atoms with Gasteiger partial charge < -0.3 is 5.73 Å². The minimum Gasteiger partial charge on any atom is -0.327 e. The molecule has 0 radical (unpaired) electrons. The Bertz CT molecular complexity index is 703. The molecule has 0 amide bonds. The lowest BCUT2D eigenvalue weighted by atomic mass is 10.1. The molecule has 0 saturated heterocycles. The highest BCUT2D eigenvalue weighted by molar-refractivity contribution is 7.87. The third-order valence-corrected chi connectivity index (χ3v) is 3.87. The summed E-state index contributed by atoms with van der Waals surface area (Å²) in [4.78, 5) is 0.192. The maximum absolute atomic E-state index is 11.9. The zero-order valence-electron chi connectivity index (χ0n) is 11.7. The summed E-state index contributed by atoms with van der Waals surface area (Å²) in [6.07, 6.45) is 3.06. The van der Waals surface area contributed by atoms with Gasteiger partial charge in [-0.2, -0.15) is 8.42 Å². The average Bonchev–Trinajstić information content (AvgIpc) is 2.52. The summed E-state index contributed by atoms with van der Waals surface area (Å²) in [5, 5.41) is 1.54. The monoisotopic (exact) mass is 305 g/mol. The summed E-state index contributed by atoms with van der Waals surface area (Å²) < 4.78 is 28.7. The minimum absolute atomic E-state index is 0.0223. The molecule has 4 nitrogen and oxygen atoms in total. The van der Waals surface area contributed by atoms with Crippen LogP contribution in [0.5, 0.6) is 0 Å². The van der Waals surface area contributed by atoms with Crippen LogP contribution >= 0.6 is 0 Å².